The highest BCUT2D eigenvalue weighted by Gasteiger charge is 2.39. The Labute approximate surface area is 191 Å². The van der Waals surface area contributed by atoms with E-state index in [0.29, 0.717) is 37.7 Å². The lowest BCUT2D eigenvalue weighted by Crippen LogP contribution is -2.51. The van der Waals surface area contributed by atoms with Gasteiger partial charge in [-0.2, -0.15) is 5.10 Å². The van der Waals surface area contributed by atoms with Crippen molar-refractivity contribution in [2.24, 2.45) is 13.0 Å². The van der Waals surface area contributed by atoms with E-state index < -0.39 is 0 Å². The normalized spacial score (nSPS) is 22.8. The summed E-state index contributed by atoms with van der Waals surface area (Å²) in [6.07, 6.45) is 6.49. The number of ether oxygens (including phenoxy) is 1. The van der Waals surface area contributed by atoms with E-state index in [9.17, 15) is 4.79 Å². The number of nitrogens with zero attached hydrogens (tertiary/aromatic N) is 4. The SMILES string of the molecule is CC(C)COc1ccc(CN(Cc2ccn(C)n2)C(=O)NC2C[C@@H]3CC[C@@H](C2)N3C)cc1. The standard InChI is InChI=1S/C25H37N5O2/c1-18(2)17-32-24-9-5-19(6-10-24)15-30(16-20-11-12-28(3)27-20)25(31)26-21-13-22-7-8-23(14-21)29(22)4/h5-6,9-12,18,21-23H,7-8,13-17H2,1-4H3,(H,26,31)/t22-,23-/m0/s1. The Morgan fingerprint density at radius 2 is 1.81 bits per heavy atom. The van der Waals surface area contributed by atoms with Gasteiger partial charge >= 0.3 is 6.03 Å². The third kappa shape index (κ3) is 5.63. The van der Waals surface area contributed by atoms with Gasteiger partial charge in [-0.25, -0.2) is 4.79 Å². The molecule has 32 heavy (non-hydrogen) atoms. The summed E-state index contributed by atoms with van der Waals surface area (Å²) < 4.78 is 7.58. The predicted molar refractivity (Wildman–Crippen MR) is 125 cm³/mol. The minimum Gasteiger partial charge on any atom is -0.493 e. The topological polar surface area (TPSA) is 62.6 Å². The summed E-state index contributed by atoms with van der Waals surface area (Å²) in [4.78, 5) is 17.7. The van der Waals surface area contributed by atoms with Crippen molar-refractivity contribution in [2.75, 3.05) is 13.7 Å². The van der Waals surface area contributed by atoms with Gasteiger partial charge in [0.1, 0.15) is 5.75 Å². The van der Waals surface area contributed by atoms with Crippen LogP contribution in [0.5, 0.6) is 5.75 Å². The first-order valence-electron chi connectivity index (χ1n) is 11.8. The molecule has 1 aromatic heterocycles. The number of aryl methyl sites for hydroxylation is 1. The summed E-state index contributed by atoms with van der Waals surface area (Å²) in [6, 6.07) is 11.5. The van der Waals surface area contributed by atoms with E-state index in [-0.39, 0.29) is 12.1 Å². The smallest absolute Gasteiger partial charge is 0.318 e. The second-order valence-electron chi connectivity index (χ2n) is 9.85. The minimum absolute atomic E-state index is 0.00950. The van der Waals surface area contributed by atoms with Gasteiger partial charge in [0.2, 0.25) is 0 Å². The molecule has 3 heterocycles. The number of piperidine rings is 1. The van der Waals surface area contributed by atoms with Crippen LogP contribution in [0, 0.1) is 5.92 Å². The maximum absolute atomic E-state index is 13.3. The molecule has 2 aliphatic heterocycles. The number of amides is 2. The van der Waals surface area contributed by atoms with E-state index in [1.165, 1.54) is 12.8 Å². The summed E-state index contributed by atoms with van der Waals surface area (Å²) >= 11 is 0. The van der Waals surface area contributed by atoms with Crippen molar-refractivity contribution in [3.63, 3.8) is 0 Å². The van der Waals surface area contributed by atoms with Crippen LogP contribution in [0.2, 0.25) is 0 Å². The molecule has 0 unspecified atom stereocenters. The van der Waals surface area contributed by atoms with Crippen LogP contribution < -0.4 is 10.1 Å². The summed E-state index contributed by atoms with van der Waals surface area (Å²) in [7, 11) is 4.13. The molecule has 0 aliphatic carbocycles. The molecule has 1 N–H and O–H groups in total. The fraction of sp³-hybridized carbons (Fsp3) is 0.600. The van der Waals surface area contributed by atoms with Crippen LogP contribution in [0.1, 0.15) is 50.8 Å². The molecule has 0 radical (unpaired) electrons. The number of hydrogen-bond acceptors (Lipinski definition) is 4. The van der Waals surface area contributed by atoms with Gasteiger partial charge in [0.25, 0.3) is 0 Å². The van der Waals surface area contributed by atoms with E-state index in [2.05, 4.69) is 36.2 Å². The lowest BCUT2D eigenvalue weighted by Gasteiger charge is -2.37. The molecule has 2 atom stereocenters. The fourth-order valence-electron chi connectivity index (χ4n) is 4.91. The first-order chi connectivity index (χ1) is 15.4. The van der Waals surface area contributed by atoms with Crippen LogP contribution in [-0.2, 0) is 20.1 Å². The van der Waals surface area contributed by atoms with Crippen molar-refractivity contribution < 1.29 is 9.53 Å². The van der Waals surface area contributed by atoms with Gasteiger partial charge in [0.05, 0.1) is 18.8 Å². The lowest BCUT2D eigenvalue weighted by atomic mass is 9.98. The number of carbonyl (C=O) groups excluding carboxylic acids is 1. The van der Waals surface area contributed by atoms with Crippen LogP contribution in [0.15, 0.2) is 36.5 Å². The average molecular weight is 440 g/mol. The molecule has 2 saturated heterocycles. The molecule has 2 amide bonds. The maximum Gasteiger partial charge on any atom is 0.318 e. The Kier molecular flexibility index (Phi) is 7.04. The maximum atomic E-state index is 13.3. The van der Waals surface area contributed by atoms with Crippen molar-refractivity contribution >= 4 is 6.03 Å². The fourth-order valence-corrected chi connectivity index (χ4v) is 4.91. The zero-order valence-electron chi connectivity index (χ0n) is 19.8. The molecule has 2 aliphatic rings. The quantitative estimate of drug-likeness (QED) is 0.680. The van der Waals surface area contributed by atoms with Gasteiger partial charge in [-0.1, -0.05) is 26.0 Å². The molecule has 7 heteroatoms. The summed E-state index contributed by atoms with van der Waals surface area (Å²) in [5.74, 6) is 1.35. The van der Waals surface area contributed by atoms with E-state index in [1.54, 1.807) is 4.68 Å². The third-order valence-corrected chi connectivity index (χ3v) is 6.71. The molecule has 0 saturated carbocycles. The van der Waals surface area contributed by atoms with Crippen LogP contribution in [0.3, 0.4) is 0 Å². The zero-order chi connectivity index (χ0) is 22.7. The minimum atomic E-state index is -0.00950. The molecule has 7 nitrogen and oxygen atoms in total. The number of urea groups is 1. The molecule has 2 fully saturated rings. The van der Waals surface area contributed by atoms with Crippen molar-refractivity contribution in [3.8, 4) is 5.75 Å². The molecule has 2 bridgehead atoms. The van der Waals surface area contributed by atoms with Crippen molar-refractivity contribution in [1.29, 1.82) is 0 Å². The van der Waals surface area contributed by atoms with Crippen molar-refractivity contribution in [1.82, 2.24) is 24.9 Å². The molecule has 0 spiro atoms. The third-order valence-electron chi connectivity index (χ3n) is 6.71. The van der Waals surface area contributed by atoms with Gasteiger partial charge in [-0.15, -0.1) is 0 Å². The Bertz CT molecular complexity index is 880. The Morgan fingerprint density at radius 3 is 2.41 bits per heavy atom. The molecule has 2 aromatic rings. The van der Waals surface area contributed by atoms with Crippen molar-refractivity contribution in [2.45, 2.75) is 70.7 Å². The number of carbonyl (C=O) groups is 1. The largest absolute Gasteiger partial charge is 0.493 e. The van der Waals surface area contributed by atoms with Gasteiger partial charge in [-0.05, 0) is 62.4 Å². The van der Waals surface area contributed by atoms with E-state index in [4.69, 9.17) is 4.74 Å². The number of hydrogen-bond donors (Lipinski definition) is 1. The molecular formula is C25H37N5O2. The number of aromatic nitrogens is 2. The zero-order valence-corrected chi connectivity index (χ0v) is 19.8. The van der Waals surface area contributed by atoms with Crippen LogP contribution >= 0.6 is 0 Å². The lowest BCUT2D eigenvalue weighted by molar-refractivity contribution is 0.139. The van der Waals surface area contributed by atoms with E-state index >= 15 is 0 Å². The van der Waals surface area contributed by atoms with Gasteiger partial charge in [-0.3, -0.25) is 4.68 Å². The monoisotopic (exact) mass is 439 g/mol. The van der Waals surface area contributed by atoms with Gasteiger partial charge in [0.15, 0.2) is 0 Å². The Hall–Kier alpha value is -2.54. The van der Waals surface area contributed by atoms with Crippen LogP contribution in [0.4, 0.5) is 4.79 Å². The van der Waals surface area contributed by atoms with Crippen LogP contribution in [0.25, 0.3) is 0 Å². The summed E-state index contributed by atoms with van der Waals surface area (Å²) in [6.45, 7) is 5.99. The highest BCUT2D eigenvalue weighted by molar-refractivity contribution is 5.74. The van der Waals surface area contributed by atoms with Crippen molar-refractivity contribution in [3.05, 3.63) is 47.8 Å². The van der Waals surface area contributed by atoms with Crippen LogP contribution in [-0.4, -0.2) is 57.4 Å². The Morgan fingerprint density at radius 1 is 1.12 bits per heavy atom. The number of benzene rings is 1. The first kappa shape index (κ1) is 22.6. The number of nitrogens with one attached hydrogen (secondary N) is 1. The second kappa shape index (κ2) is 9.94. The van der Waals surface area contributed by atoms with E-state index in [1.807, 2.05) is 48.5 Å². The van der Waals surface area contributed by atoms with Gasteiger partial charge < -0.3 is 19.9 Å². The first-order valence-corrected chi connectivity index (χ1v) is 11.8. The molecule has 1 aromatic carbocycles. The highest BCUT2D eigenvalue weighted by Crippen LogP contribution is 2.34. The molecule has 174 valence electrons. The number of rotatable bonds is 8. The summed E-state index contributed by atoms with van der Waals surface area (Å²) in [5, 5.41) is 7.82. The average Bonchev–Trinajstić information content (AvgIpc) is 3.24. The molecule has 4 rings (SSSR count). The predicted octanol–water partition coefficient (Wildman–Crippen LogP) is 3.79. The Balaban J connectivity index is 1.42. The summed E-state index contributed by atoms with van der Waals surface area (Å²) in [5.41, 5.74) is 1.97. The second-order valence-corrected chi connectivity index (χ2v) is 9.85. The van der Waals surface area contributed by atoms with E-state index in [0.717, 1.165) is 29.8 Å². The van der Waals surface area contributed by atoms with Gasteiger partial charge in [0, 0.05) is 37.9 Å². The number of fused-ring (bicyclic) bond motifs is 2. The highest BCUT2D eigenvalue weighted by atomic mass is 16.5. The molecular weight excluding hydrogens is 402 g/mol.